The van der Waals surface area contributed by atoms with Gasteiger partial charge in [-0.05, 0) is 25.3 Å². The highest BCUT2D eigenvalue weighted by Gasteiger charge is 1.97. The number of allylic oxidation sites excluding steroid dienone is 3. The smallest absolute Gasteiger partial charge is 0.0679 e. The van der Waals surface area contributed by atoms with E-state index in [1.54, 1.807) is 0 Å². The van der Waals surface area contributed by atoms with E-state index < -0.39 is 0 Å². The molecule has 0 unspecified atom stereocenters. The lowest BCUT2D eigenvalue weighted by molar-refractivity contribution is 0.168. The minimum atomic E-state index is 0.820. The third-order valence-electron chi connectivity index (χ3n) is 1.59. The second-order valence-corrected chi connectivity index (χ2v) is 2.43. The zero-order valence-electron chi connectivity index (χ0n) is 6.47. The molecule has 10 heavy (non-hydrogen) atoms. The summed E-state index contributed by atoms with van der Waals surface area (Å²) in [5.41, 5.74) is 1.42. The minimum absolute atomic E-state index is 0.820. The predicted molar refractivity (Wildman–Crippen MR) is 43.0 cm³/mol. The molecule has 1 heteroatoms. The number of hydrogen-bond acceptors (Lipinski definition) is 1. The van der Waals surface area contributed by atoms with Crippen LogP contribution in [0.2, 0.25) is 0 Å². The third kappa shape index (κ3) is 2.36. The Balaban J connectivity index is 2.25. The molecule has 0 fully saturated rings. The number of rotatable bonds is 3. The van der Waals surface area contributed by atoms with Gasteiger partial charge in [-0.15, -0.1) is 0 Å². The summed E-state index contributed by atoms with van der Waals surface area (Å²) in [5, 5.41) is 0. The molecular formula is C9H14O. The number of ether oxygens (including phenoxy) is 1. The molecule has 0 saturated heterocycles. The fourth-order valence-electron chi connectivity index (χ4n) is 1.01. The van der Waals surface area contributed by atoms with E-state index in [1.165, 1.54) is 18.4 Å². The molecule has 0 radical (unpaired) electrons. The maximum Gasteiger partial charge on any atom is 0.0679 e. The van der Waals surface area contributed by atoms with Crippen molar-refractivity contribution in [2.24, 2.45) is 0 Å². The van der Waals surface area contributed by atoms with E-state index in [2.05, 4.69) is 18.2 Å². The zero-order chi connectivity index (χ0) is 7.23. The maximum absolute atomic E-state index is 5.27. The van der Waals surface area contributed by atoms with Gasteiger partial charge in [-0.25, -0.2) is 0 Å². The van der Waals surface area contributed by atoms with Crippen molar-refractivity contribution in [2.75, 3.05) is 13.2 Å². The topological polar surface area (TPSA) is 9.23 Å². The summed E-state index contributed by atoms with van der Waals surface area (Å²) in [4.78, 5) is 0. The lowest BCUT2D eigenvalue weighted by atomic mass is 10.1. The molecule has 0 heterocycles. The van der Waals surface area contributed by atoms with Crippen LogP contribution in [0.1, 0.15) is 19.8 Å². The average molecular weight is 138 g/mol. The van der Waals surface area contributed by atoms with Crippen molar-refractivity contribution in [3.63, 3.8) is 0 Å². The van der Waals surface area contributed by atoms with Crippen LogP contribution in [0.5, 0.6) is 0 Å². The monoisotopic (exact) mass is 138 g/mol. The van der Waals surface area contributed by atoms with E-state index >= 15 is 0 Å². The maximum atomic E-state index is 5.27. The Hall–Kier alpha value is -0.560. The molecule has 0 aliphatic heterocycles. The Morgan fingerprint density at radius 3 is 3.10 bits per heavy atom. The van der Waals surface area contributed by atoms with E-state index in [9.17, 15) is 0 Å². The Bertz CT molecular complexity index is 145. The van der Waals surface area contributed by atoms with Crippen LogP contribution in [0, 0.1) is 0 Å². The average Bonchev–Trinajstić information content (AvgIpc) is 2.03. The first-order valence-electron chi connectivity index (χ1n) is 3.86. The van der Waals surface area contributed by atoms with Crippen molar-refractivity contribution in [3.05, 3.63) is 23.8 Å². The van der Waals surface area contributed by atoms with Crippen molar-refractivity contribution in [3.8, 4) is 0 Å². The highest BCUT2D eigenvalue weighted by atomic mass is 16.5. The van der Waals surface area contributed by atoms with Gasteiger partial charge in [-0.3, -0.25) is 0 Å². The molecule has 0 saturated carbocycles. The fraction of sp³-hybridized carbons (Fsp3) is 0.556. The zero-order valence-corrected chi connectivity index (χ0v) is 6.47. The van der Waals surface area contributed by atoms with E-state index in [1.807, 2.05) is 6.92 Å². The molecule has 0 atom stereocenters. The summed E-state index contributed by atoms with van der Waals surface area (Å²) < 4.78 is 5.27. The van der Waals surface area contributed by atoms with E-state index in [4.69, 9.17) is 4.74 Å². The Labute approximate surface area is 62.4 Å². The summed E-state index contributed by atoms with van der Waals surface area (Å²) in [7, 11) is 0. The van der Waals surface area contributed by atoms with Crippen molar-refractivity contribution in [1.29, 1.82) is 0 Å². The Morgan fingerprint density at radius 2 is 2.50 bits per heavy atom. The summed E-state index contributed by atoms with van der Waals surface area (Å²) in [6.07, 6.45) is 8.81. The van der Waals surface area contributed by atoms with Gasteiger partial charge in [-0.1, -0.05) is 18.2 Å². The molecule has 0 bridgehead atoms. The molecule has 0 aromatic carbocycles. The quantitative estimate of drug-likeness (QED) is 0.581. The van der Waals surface area contributed by atoms with Crippen LogP contribution in [0.3, 0.4) is 0 Å². The van der Waals surface area contributed by atoms with Crippen molar-refractivity contribution in [1.82, 2.24) is 0 Å². The van der Waals surface area contributed by atoms with Crippen LogP contribution in [-0.4, -0.2) is 13.2 Å². The van der Waals surface area contributed by atoms with Crippen molar-refractivity contribution in [2.45, 2.75) is 19.8 Å². The van der Waals surface area contributed by atoms with Gasteiger partial charge in [0.05, 0.1) is 6.61 Å². The van der Waals surface area contributed by atoms with Gasteiger partial charge >= 0.3 is 0 Å². The van der Waals surface area contributed by atoms with Crippen LogP contribution >= 0.6 is 0 Å². The van der Waals surface area contributed by atoms with Crippen LogP contribution in [-0.2, 0) is 4.74 Å². The largest absolute Gasteiger partial charge is 0.377 e. The molecular weight excluding hydrogens is 124 g/mol. The highest BCUT2D eigenvalue weighted by molar-refractivity contribution is 5.17. The van der Waals surface area contributed by atoms with Gasteiger partial charge < -0.3 is 4.74 Å². The Kier molecular flexibility index (Phi) is 3.23. The van der Waals surface area contributed by atoms with Gasteiger partial charge in [0.25, 0.3) is 0 Å². The van der Waals surface area contributed by atoms with E-state index in [0.717, 1.165) is 13.2 Å². The predicted octanol–water partition coefficient (Wildman–Crippen LogP) is 2.30. The first-order chi connectivity index (χ1) is 4.93. The lowest BCUT2D eigenvalue weighted by Crippen LogP contribution is -1.98. The Morgan fingerprint density at radius 1 is 1.60 bits per heavy atom. The molecule has 1 nitrogen and oxygen atoms in total. The lowest BCUT2D eigenvalue weighted by Gasteiger charge is -2.07. The van der Waals surface area contributed by atoms with Gasteiger partial charge in [0.2, 0.25) is 0 Å². The van der Waals surface area contributed by atoms with Gasteiger partial charge in [0.15, 0.2) is 0 Å². The standard InChI is InChI=1S/C9H14O/c1-2-10-8-9-6-4-3-5-7-9/h3-4,6H,2,5,7-8H2,1H3. The third-order valence-corrected chi connectivity index (χ3v) is 1.59. The summed E-state index contributed by atoms with van der Waals surface area (Å²) in [6, 6.07) is 0. The van der Waals surface area contributed by atoms with Crippen LogP contribution in [0.25, 0.3) is 0 Å². The first kappa shape index (κ1) is 7.55. The number of hydrogen-bond donors (Lipinski definition) is 0. The molecule has 0 spiro atoms. The fourth-order valence-corrected chi connectivity index (χ4v) is 1.01. The van der Waals surface area contributed by atoms with Crippen molar-refractivity contribution < 1.29 is 4.74 Å². The molecule has 0 aromatic rings. The van der Waals surface area contributed by atoms with E-state index in [0.29, 0.717) is 0 Å². The second kappa shape index (κ2) is 4.29. The summed E-state index contributed by atoms with van der Waals surface area (Å²) in [5.74, 6) is 0. The molecule has 1 aliphatic carbocycles. The molecule has 0 N–H and O–H groups in total. The summed E-state index contributed by atoms with van der Waals surface area (Å²) in [6.45, 7) is 3.67. The molecule has 0 aromatic heterocycles. The normalized spacial score (nSPS) is 17.1. The highest BCUT2D eigenvalue weighted by Crippen LogP contribution is 2.11. The molecule has 56 valence electrons. The molecule has 0 amide bonds. The van der Waals surface area contributed by atoms with Crippen LogP contribution < -0.4 is 0 Å². The first-order valence-corrected chi connectivity index (χ1v) is 3.86. The van der Waals surface area contributed by atoms with Crippen LogP contribution in [0.15, 0.2) is 23.8 Å². The SMILES string of the molecule is CCOCC1=CC=CCC1. The van der Waals surface area contributed by atoms with Crippen LogP contribution in [0.4, 0.5) is 0 Å². The van der Waals surface area contributed by atoms with E-state index in [-0.39, 0.29) is 0 Å². The van der Waals surface area contributed by atoms with Gasteiger partial charge in [-0.2, -0.15) is 0 Å². The second-order valence-electron chi connectivity index (χ2n) is 2.43. The molecule has 1 rings (SSSR count). The van der Waals surface area contributed by atoms with Crippen molar-refractivity contribution >= 4 is 0 Å². The summed E-state index contributed by atoms with van der Waals surface area (Å²) >= 11 is 0. The van der Waals surface area contributed by atoms with Gasteiger partial charge in [0, 0.05) is 6.61 Å². The minimum Gasteiger partial charge on any atom is -0.377 e. The molecule has 1 aliphatic rings. The van der Waals surface area contributed by atoms with Gasteiger partial charge in [0.1, 0.15) is 0 Å².